The van der Waals surface area contributed by atoms with Gasteiger partial charge in [-0.05, 0) is 74.7 Å². The summed E-state index contributed by atoms with van der Waals surface area (Å²) in [6.45, 7) is 0.829. The first-order valence-electron chi connectivity index (χ1n) is 13.7. The molecule has 0 unspecified atom stereocenters. The van der Waals surface area contributed by atoms with Gasteiger partial charge in [0, 0.05) is 36.0 Å². The van der Waals surface area contributed by atoms with Crippen molar-refractivity contribution < 1.29 is 4.79 Å². The fourth-order valence-electron chi connectivity index (χ4n) is 5.73. The topological polar surface area (TPSA) is 116 Å². The van der Waals surface area contributed by atoms with Crippen LogP contribution in [0.4, 0.5) is 5.82 Å². The molecule has 1 saturated carbocycles. The van der Waals surface area contributed by atoms with Gasteiger partial charge < -0.3 is 11.5 Å². The van der Waals surface area contributed by atoms with Gasteiger partial charge in [-0.15, -0.1) is 0 Å². The van der Waals surface area contributed by atoms with Gasteiger partial charge in [0.15, 0.2) is 11.5 Å². The van der Waals surface area contributed by atoms with Crippen molar-refractivity contribution in [3.8, 4) is 28.3 Å². The van der Waals surface area contributed by atoms with Crippen LogP contribution in [0.1, 0.15) is 31.2 Å². The lowest BCUT2D eigenvalue weighted by molar-refractivity contribution is -0.123. The molecule has 6 rings (SSSR count). The number of carbonyl (C=O) groups is 1. The summed E-state index contributed by atoms with van der Waals surface area (Å²) in [7, 11) is 2.16. The molecule has 0 atom stereocenters. The van der Waals surface area contributed by atoms with Crippen LogP contribution in [0, 0.1) is 5.92 Å². The first-order chi connectivity index (χ1) is 19.5. The van der Waals surface area contributed by atoms with Gasteiger partial charge >= 0.3 is 0 Å². The molecule has 1 aliphatic rings. The predicted molar refractivity (Wildman–Crippen MR) is 158 cm³/mol. The van der Waals surface area contributed by atoms with E-state index in [-0.39, 0.29) is 11.8 Å². The molecule has 0 aliphatic heterocycles. The number of imidazole rings is 1. The molecule has 4 N–H and O–H groups in total. The summed E-state index contributed by atoms with van der Waals surface area (Å²) in [6, 6.07) is 26.9. The van der Waals surface area contributed by atoms with Crippen molar-refractivity contribution in [2.45, 2.75) is 38.3 Å². The molecule has 1 fully saturated rings. The molecule has 0 spiro atoms. The van der Waals surface area contributed by atoms with E-state index < -0.39 is 0 Å². The Kier molecular flexibility index (Phi) is 7.00. The van der Waals surface area contributed by atoms with Gasteiger partial charge in [0.05, 0.1) is 11.3 Å². The second-order valence-electron chi connectivity index (χ2n) is 10.6. The Balaban J connectivity index is 1.34. The maximum absolute atomic E-state index is 11.5. The number of rotatable bonds is 7. The SMILES string of the molecule is CN(Cc1ccc(-n2c(-c3cccnc3N)nc3ccc(-c4ccccc4)nc32)cc1)C1CCC(C(N)=O)CC1. The molecule has 1 amide bonds. The number of primary amides is 1. The zero-order valence-electron chi connectivity index (χ0n) is 22.6. The summed E-state index contributed by atoms with van der Waals surface area (Å²) in [5.74, 6) is 0.982. The number of nitrogen functional groups attached to an aromatic ring is 1. The molecule has 8 heteroatoms. The molecule has 0 bridgehead atoms. The minimum Gasteiger partial charge on any atom is -0.383 e. The zero-order chi connectivity index (χ0) is 27.6. The van der Waals surface area contributed by atoms with Crippen LogP contribution < -0.4 is 11.5 Å². The number of aromatic nitrogens is 4. The van der Waals surface area contributed by atoms with E-state index in [4.69, 9.17) is 21.4 Å². The van der Waals surface area contributed by atoms with E-state index in [1.807, 2.05) is 42.5 Å². The van der Waals surface area contributed by atoms with Crippen LogP contribution in [0.3, 0.4) is 0 Å². The van der Waals surface area contributed by atoms with E-state index >= 15 is 0 Å². The van der Waals surface area contributed by atoms with Gasteiger partial charge in [0.25, 0.3) is 0 Å². The van der Waals surface area contributed by atoms with Crippen molar-refractivity contribution in [2.24, 2.45) is 11.7 Å². The van der Waals surface area contributed by atoms with Crippen molar-refractivity contribution in [2.75, 3.05) is 12.8 Å². The molecule has 2 aromatic carbocycles. The summed E-state index contributed by atoms with van der Waals surface area (Å²) < 4.78 is 2.06. The maximum Gasteiger partial charge on any atom is 0.220 e. The monoisotopic (exact) mass is 531 g/mol. The predicted octanol–water partition coefficient (Wildman–Crippen LogP) is 5.21. The largest absolute Gasteiger partial charge is 0.383 e. The van der Waals surface area contributed by atoms with Crippen molar-refractivity contribution in [3.63, 3.8) is 0 Å². The number of fused-ring (bicyclic) bond motifs is 1. The smallest absolute Gasteiger partial charge is 0.220 e. The minimum absolute atomic E-state index is 0.0213. The van der Waals surface area contributed by atoms with Crippen LogP contribution in [-0.2, 0) is 11.3 Å². The van der Waals surface area contributed by atoms with E-state index in [1.54, 1.807) is 6.20 Å². The lowest BCUT2D eigenvalue weighted by Crippen LogP contribution is -2.37. The molecule has 40 heavy (non-hydrogen) atoms. The summed E-state index contributed by atoms with van der Waals surface area (Å²) in [5.41, 5.74) is 18.2. The number of amides is 1. The lowest BCUT2D eigenvalue weighted by Gasteiger charge is -2.33. The van der Waals surface area contributed by atoms with Crippen LogP contribution in [0.5, 0.6) is 0 Å². The second-order valence-corrected chi connectivity index (χ2v) is 10.6. The molecule has 3 aromatic heterocycles. The number of nitrogens with two attached hydrogens (primary N) is 2. The lowest BCUT2D eigenvalue weighted by atomic mass is 9.85. The standard InChI is InChI=1S/C32H33N7O/c1-38(24-15-11-23(12-16-24)30(34)40)20-21-9-13-25(14-10-21)39-31(26-8-5-19-35-29(26)33)37-28-18-17-27(36-32(28)39)22-6-3-2-4-7-22/h2-10,13-14,17-19,23-24H,11-12,15-16,20H2,1H3,(H2,33,35)(H2,34,40). The fraction of sp³-hybridized carbons (Fsp3) is 0.250. The van der Waals surface area contributed by atoms with Gasteiger partial charge in [-0.3, -0.25) is 14.3 Å². The Morgan fingerprint density at radius 3 is 2.38 bits per heavy atom. The summed E-state index contributed by atoms with van der Waals surface area (Å²) >= 11 is 0. The number of anilines is 1. The fourth-order valence-corrected chi connectivity index (χ4v) is 5.73. The number of hydrogen-bond acceptors (Lipinski definition) is 6. The Morgan fingerprint density at radius 2 is 1.68 bits per heavy atom. The Morgan fingerprint density at radius 1 is 0.925 bits per heavy atom. The molecule has 3 heterocycles. The third-order valence-electron chi connectivity index (χ3n) is 8.00. The highest BCUT2D eigenvalue weighted by Crippen LogP contribution is 2.32. The van der Waals surface area contributed by atoms with Crippen molar-refractivity contribution in [3.05, 3.63) is 90.6 Å². The van der Waals surface area contributed by atoms with Crippen molar-refractivity contribution >= 4 is 22.9 Å². The van der Waals surface area contributed by atoms with Crippen molar-refractivity contribution in [1.29, 1.82) is 0 Å². The molecule has 0 radical (unpaired) electrons. The molecular formula is C32H33N7O. The number of nitrogens with zero attached hydrogens (tertiary/aromatic N) is 5. The number of pyridine rings is 2. The molecule has 0 saturated heterocycles. The Hall–Kier alpha value is -4.56. The van der Waals surface area contributed by atoms with Crippen LogP contribution in [0.2, 0.25) is 0 Å². The van der Waals surface area contributed by atoms with E-state index in [2.05, 4.69) is 57.9 Å². The number of hydrogen-bond donors (Lipinski definition) is 2. The number of carbonyl (C=O) groups excluding carboxylic acids is 1. The zero-order valence-corrected chi connectivity index (χ0v) is 22.6. The molecule has 202 valence electrons. The van der Waals surface area contributed by atoms with E-state index in [1.165, 1.54) is 5.56 Å². The van der Waals surface area contributed by atoms with E-state index in [0.717, 1.165) is 65.9 Å². The van der Waals surface area contributed by atoms with Crippen molar-refractivity contribution in [1.82, 2.24) is 24.4 Å². The van der Waals surface area contributed by atoms with Crippen LogP contribution >= 0.6 is 0 Å². The molecule has 8 nitrogen and oxygen atoms in total. The second kappa shape index (κ2) is 10.9. The van der Waals surface area contributed by atoms with Crippen LogP contribution in [0.15, 0.2) is 85.1 Å². The number of benzene rings is 2. The highest BCUT2D eigenvalue weighted by molar-refractivity contribution is 5.84. The summed E-state index contributed by atoms with van der Waals surface area (Å²) in [5, 5.41) is 0. The van der Waals surface area contributed by atoms with Gasteiger partial charge in [-0.25, -0.2) is 15.0 Å². The first-order valence-corrected chi connectivity index (χ1v) is 13.7. The molecular weight excluding hydrogens is 498 g/mol. The van der Waals surface area contributed by atoms with Gasteiger partial charge in [0.1, 0.15) is 11.3 Å². The summed E-state index contributed by atoms with van der Waals surface area (Å²) in [4.78, 5) is 28.2. The Labute approximate surface area is 233 Å². The average Bonchev–Trinajstić information content (AvgIpc) is 3.37. The third kappa shape index (κ3) is 5.05. The van der Waals surface area contributed by atoms with Gasteiger partial charge in [0.2, 0.25) is 5.91 Å². The average molecular weight is 532 g/mol. The van der Waals surface area contributed by atoms with E-state index in [9.17, 15) is 4.79 Å². The first kappa shape index (κ1) is 25.7. The molecule has 1 aliphatic carbocycles. The third-order valence-corrected chi connectivity index (χ3v) is 8.00. The highest BCUT2D eigenvalue weighted by atomic mass is 16.1. The minimum atomic E-state index is -0.165. The quantitative estimate of drug-likeness (QED) is 0.298. The van der Waals surface area contributed by atoms with Crippen LogP contribution in [-0.4, -0.2) is 43.4 Å². The van der Waals surface area contributed by atoms with E-state index in [0.29, 0.717) is 17.7 Å². The normalized spacial score (nSPS) is 17.4. The summed E-state index contributed by atoms with van der Waals surface area (Å²) in [6.07, 6.45) is 5.41. The van der Waals surface area contributed by atoms with Gasteiger partial charge in [-0.2, -0.15) is 0 Å². The molecule has 5 aromatic rings. The highest BCUT2D eigenvalue weighted by Gasteiger charge is 2.27. The van der Waals surface area contributed by atoms with Crippen LogP contribution in [0.25, 0.3) is 39.5 Å². The van der Waals surface area contributed by atoms with Gasteiger partial charge in [-0.1, -0.05) is 42.5 Å². The maximum atomic E-state index is 11.5. The Bertz CT molecular complexity index is 1640.